The molecule has 1 N–H and O–H groups in total. The summed E-state index contributed by atoms with van der Waals surface area (Å²) in [5.74, 6) is 1.21. The van der Waals surface area contributed by atoms with E-state index in [2.05, 4.69) is 38.1 Å². The van der Waals surface area contributed by atoms with E-state index in [9.17, 15) is 4.79 Å². The lowest BCUT2D eigenvalue weighted by Gasteiger charge is -2.12. The zero-order valence-corrected chi connectivity index (χ0v) is 18.5. The van der Waals surface area contributed by atoms with Gasteiger partial charge in [0.25, 0.3) is 5.56 Å². The van der Waals surface area contributed by atoms with Gasteiger partial charge in [-0.2, -0.15) is 27.5 Å². The van der Waals surface area contributed by atoms with E-state index < -0.39 is 0 Å². The molecule has 1 aromatic carbocycles. The third kappa shape index (κ3) is 3.50. The van der Waals surface area contributed by atoms with Crippen molar-refractivity contribution < 1.29 is 0 Å². The van der Waals surface area contributed by atoms with E-state index in [4.69, 9.17) is 0 Å². The van der Waals surface area contributed by atoms with Crippen LogP contribution < -0.4 is 10.9 Å². The first-order chi connectivity index (χ1) is 15.6. The summed E-state index contributed by atoms with van der Waals surface area (Å²) >= 11 is 4.28. The zero-order chi connectivity index (χ0) is 22.2. The molecular weight excluding hydrogens is 422 g/mol. The summed E-state index contributed by atoms with van der Waals surface area (Å²) in [5.41, 5.74) is 4.38. The minimum atomic E-state index is -0.262. The molecular formula is C23H21N7OS. The van der Waals surface area contributed by atoms with E-state index in [1.807, 2.05) is 62.6 Å². The maximum Gasteiger partial charge on any atom is 0.281 e. The lowest BCUT2D eigenvalue weighted by molar-refractivity contribution is 0.780. The van der Waals surface area contributed by atoms with Gasteiger partial charge in [-0.05, 0) is 43.3 Å². The standard InChI is InChI=1S/C23H21N7OS/c1-3-24-20-9-8-19-22(26-20)21(14-4-5-16(13-32)25-11-14)23(31)30(28-19)17-6-7-18-15(10-17)12-29(2)27-18/h4-12,32H,3,13H2,1-2H3,(H,24,26). The SMILES string of the molecule is CCNc1ccc2nn(-c3ccc4nn(C)cc4c3)c(=O)c(-c3ccc(CS)nc3)c2n1. The molecule has 0 aliphatic heterocycles. The highest BCUT2D eigenvalue weighted by Gasteiger charge is 2.17. The number of nitrogens with zero attached hydrogens (tertiary/aromatic N) is 6. The number of pyridine rings is 2. The molecule has 9 heteroatoms. The Morgan fingerprint density at radius 3 is 2.66 bits per heavy atom. The molecule has 4 aromatic heterocycles. The maximum atomic E-state index is 13.7. The van der Waals surface area contributed by atoms with Gasteiger partial charge in [0.05, 0.1) is 16.8 Å². The molecule has 0 saturated heterocycles. The van der Waals surface area contributed by atoms with E-state index in [1.165, 1.54) is 4.68 Å². The highest BCUT2D eigenvalue weighted by Crippen LogP contribution is 2.25. The summed E-state index contributed by atoms with van der Waals surface area (Å²) in [6.45, 7) is 2.72. The van der Waals surface area contributed by atoms with Gasteiger partial charge in [-0.3, -0.25) is 14.5 Å². The number of fused-ring (bicyclic) bond motifs is 2. The van der Waals surface area contributed by atoms with E-state index in [1.54, 1.807) is 10.9 Å². The minimum Gasteiger partial charge on any atom is -0.370 e. The normalized spacial score (nSPS) is 11.3. The largest absolute Gasteiger partial charge is 0.370 e. The number of rotatable bonds is 5. The highest BCUT2D eigenvalue weighted by atomic mass is 32.1. The first-order valence-electron chi connectivity index (χ1n) is 10.3. The Labute approximate surface area is 189 Å². The molecule has 32 heavy (non-hydrogen) atoms. The topological polar surface area (TPSA) is 90.5 Å². The van der Waals surface area contributed by atoms with Crippen LogP contribution in [0.5, 0.6) is 0 Å². The summed E-state index contributed by atoms with van der Waals surface area (Å²) in [7, 11) is 1.87. The van der Waals surface area contributed by atoms with Crippen molar-refractivity contribution in [3.8, 4) is 16.8 Å². The molecule has 8 nitrogen and oxygen atoms in total. The Bertz CT molecular complexity index is 1510. The van der Waals surface area contributed by atoms with Gasteiger partial charge in [0, 0.05) is 48.4 Å². The van der Waals surface area contributed by atoms with Crippen LogP contribution in [0.2, 0.25) is 0 Å². The predicted octanol–water partition coefficient (Wildman–Crippen LogP) is 3.59. The summed E-state index contributed by atoms with van der Waals surface area (Å²) in [6.07, 6.45) is 3.61. The fourth-order valence-corrected chi connectivity index (χ4v) is 3.91. The van der Waals surface area contributed by atoms with Gasteiger partial charge in [0.15, 0.2) is 0 Å². The number of nitrogens with one attached hydrogen (secondary N) is 1. The van der Waals surface area contributed by atoms with Crippen molar-refractivity contribution in [3.05, 3.63) is 70.9 Å². The van der Waals surface area contributed by atoms with E-state index in [-0.39, 0.29) is 5.56 Å². The molecule has 0 bridgehead atoms. The summed E-state index contributed by atoms with van der Waals surface area (Å²) in [6, 6.07) is 13.1. The summed E-state index contributed by atoms with van der Waals surface area (Å²) in [4.78, 5) is 22.8. The Balaban J connectivity index is 1.79. The smallest absolute Gasteiger partial charge is 0.281 e. The number of hydrogen-bond acceptors (Lipinski definition) is 7. The van der Waals surface area contributed by atoms with Crippen LogP contribution >= 0.6 is 12.6 Å². The van der Waals surface area contributed by atoms with Gasteiger partial charge in [-0.25, -0.2) is 4.98 Å². The van der Waals surface area contributed by atoms with Crippen molar-refractivity contribution in [2.45, 2.75) is 12.7 Å². The molecule has 0 amide bonds. The van der Waals surface area contributed by atoms with E-state index in [0.29, 0.717) is 39.4 Å². The molecule has 0 aliphatic rings. The molecule has 0 saturated carbocycles. The molecule has 0 radical (unpaired) electrons. The molecule has 0 spiro atoms. The van der Waals surface area contributed by atoms with Gasteiger partial charge in [-0.15, -0.1) is 0 Å². The maximum absolute atomic E-state index is 13.7. The number of anilines is 1. The third-order valence-corrected chi connectivity index (χ3v) is 5.53. The van der Waals surface area contributed by atoms with Crippen molar-refractivity contribution in [1.82, 2.24) is 29.5 Å². The summed E-state index contributed by atoms with van der Waals surface area (Å²) in [5, 5.41) is 13.2. The molecule has 0 atom stereocenters. The quantitative estimate of drug-likeness (QED) is 0.404. The lowest BCUT2D eigenvalue weighted by atomic mass is 10.1. The molecule has 0 unspecified atom stereocenters. The van der Waals surface area contributed by atoms with Crippen molar-refractivity contribution >= 4 is 40.4 Å². The average molecular weight is 444 g/mol. The first-order valence-corrected chi connectivity index (χ1v) is 10.9. The second-order valence-corrected chi connectivity index (χ2v) is 7.74. The van der Waals surface area contributed by atoms with Crippen LogP contribution in [0.25, 0.3) is 38.8 Å². The van der Waals surface area contributed by atoms with Gasteiger partial charge < -0.3 is 5.32 Å². The Hall–Kier alpha value is -3.72. The molecule has 5 rings (SSSR count). The van der Waals surface area contributed by atoms with Crippen molar-refractivity contribution in [2.75, 3.05) is 11.9 Å². The first kappa shape index (κ1) is 20.2. The zero-order valence-electron chi connectivity index (χ0n) is 17.6. The van der Waals surface area contributed by atoms with Crippen molar-refractivity contribution in [2.24, 2.45) is 7.05 Å². The lowest BCUT2D eigenvalue weighted by Crippen LogP contribution is -2.24. The van der Waals surface area contributed by atoms with E-state index in [0.717, 1.165) is 23.1 Å². The number of aryl methyl sites for hydroxylation is 1. The number of benzene rings is 1. The number of thiol groups is 1. The molecule has 0 aliphatic carbocycles. The Kier molecular flexibility index (Phi) is 5.10. The van der Waals surface area contributed by atoms with Gasteiger partial charge >= 0.3 is 0 Å². The Morgan fingerprint density at radius 2 is 1.91 bits per heavy atom. The Morgan fingerprint density at radius 1 is 1.06 bits per heavy atom. The second-order valence-electron chi connectivity index (χ2n) is 7.43. The van der Waals surface area contributed by atoms with E-state index >= 15 is 0 Å². The summed E-state index contributed by atoms with van der Waals surface area (Å²) < 4.78 is 3.17. The molecule has 4 heterocycles. The molecule has 0 fully saturated rings. The van der Waals surface area contributed by atoms with Crippen LogP contribution in [0.4, 0.5) is 5.82 Å². The van der Waals surface area contributed by atoms with Crippen LogP contribution in [-0.4, -0.2) is 36.1 Å². The van der Waals surface area contributed by atoms with Crippen LogP contribution in [0.1, 0.15) is 12.6 Å². The predicted molar refractivity (Wildman–Crippen MR) is 129 cm³/mol. The number of hydrogen-bond donors (Lipinski definition) is 2. The monoisotopic (exact) mass is 443 g/mol. The fourth-order valence-electron chi connectivity index (χ4n) is 3.73. The highest BCUT2D eigenvalue weighted by molar-refractivity contribution is 7.79. The minimum absolute atomic E-state index is 0.262. The third-order valence-electron chi connectivity index (χ3n) is 5.21. The van der Waals surface area contributed by atoms with Gasteiger partial charge in [0.1, 0.15) is 16.9 Å². The average Bonchev–Trinajstić information content (AvgIpc) is 3.18. The fraction of sp³-hybridized carbons (Fsp3) is 0.174. The van der Waals surface area contributed by atoms with Gasteiger partial charge in [0.2, 0.25) is 0 Å². The molecule has 160 valence electrons. The van der Waals surface area contributed by atoms with Crippen molar-refractivity contribution in [3.63, 3.8) is 0 Å². The molecule has 5 aromatic rings. The second kappa shape index (κ2) is 8.08. The van der Waals surface area contributed by atoms with Crippen LogP contribution in [-0.2, 0) is 12.8 Å². The van der Waals surface area contributed by atoms with Crippen molar-refractivity contribution in [1.29, 1.82) is 0 Å². The van der Waals surface area contributed by atoms with Crippen LogP contribution in [0, 0.1) is 0 Å². The van der Waals surface area contributed by atoms with Crippen LogP contribution in [0.3, 0.4) is 0 Å². The van der Waals surface area contributed by atoms with Crippen LogP contribution in [0.15, 0.2) is 59.7 Å². The van der Waals surface area contributed by atoms with Gasteiger partial charge in [-0.1, -0.05) is 6.07 Å². The number of aromatic nitrogens is 6.